The fraction of sp³-hybridized carbons (Fsp3) is 0.600. The molecule has 0 unspecified atom stereocenters. The van der Waals surface area contributed by atoms with E-state index >= 15 is 0 Å². The van der Waals surface area contributed by atoms with E-state index in [9.17, 15) is 0 Å². The molecule has 0 aromatic carbocycles. The van der Waals surface area contributed by atoms with E-state index in [1.807, 2.05) is 0 Å². The molecule has 0 atom stereocenters. The number of rotatable bonds is 2. The van der Waals surface area contributed by atoms with Gasteiger partial charge in [-0.15, -0.1) is 0 Å². The zero-order valence-electron chi connectivity index (χ0n) is 5.07. The standard InChI is InChI=1S/C5H10N2O/c1-6-3-5(8)4-7-2/h3-5,8H,1-2H3. The van der Waals surface area contributed by atoms with Crippen molar-refractivity contribution < 1.29 is 5.11 Å². The smallest absolute Gasteiger partial charge is 0.123 e. The molecule has 0 bridgehead atoms. The minimum atomic E-state index is -0.620. The third-order valence-electron chi connectivity index (χ3n) is 0.604. The lowest BCUT2D eigenvalue weighted by Crippen LogP contribution is -2.08. The molecule has 0 aromatic rings. The molecule has 46 valence electrons. The summed E-state index contributed by atoms with van der Waals surface area (Å²) < 4.78 is 0. The Kier molecular flexibility index (Phi) is 4.07. The van der Waals surface area contributed by atoms with Gasteiger partial charge in [0, 0.05) is 26.5 Å². The minimum absolute atomic E-state index is 0.620. The molecular formula is C5H10N2O. The van der Waals surface area contributed by atoms with Gasteiger partial charge in [0.25, 0.3) is 0 Å². The Balaban J connectivity index is 3.47. The summed E-state index contributed by atoms with van der Waals surface area (Å²) >= 11 is 0. The third kappa shape index (κ3) is 3.49. The van der Waals surface area contributed by atoms with Gasteiger partial charge in [-0.25, -0.2) is 0 Å². The van der Waals surface area contributed by atoms with E-state index in [-0.39, 0.29) is 0 Å². The average molecular weight is 114 g/mol. The first kappa shape index (κ1) is 7.30. The van der Waals surface area contributed by atoms with Gasteiger partial charge in [0.05, 0.1) is 0 Å². The van der Waals surface area contributed by atoms with E-state index in [4.69, 9.17) is 5.11 Å². The first-order valence-corrected chi connectivity index (χ1v) is 2.34. The van der Waals surface area contributed by atoms with Crippen molar-refractivity contribution in [1.29, 1.82) is 0 Å². The van der Waals surface area contributed by atoms with E-state index in [1.54, 1.807) is 14.1 Å². The van der Waals surface area contributed by atoms with Gasteiger partial charge in [-0.3, -0.25) is 9.98 Å². The van der Waals surface area contributed by atoms with Crippen LogP contribution < -0.4 is 0 Å². The fourth-order valence-electron chi connectivity index (χ4n) is 0.344. The van der Waals surface area contributed by atoms with Gasteiger partial charge in [0.15, 0.2) is 0 Å². The Bertz CT molecular complexity index is 86.6. The molecule has 0 aliphatic carbocycles. The van der Waals surface area contributed by atoms with E-state index in [0.717, 1.165) is 0 Å². The van der Waals surface area contributed by atoms with Crippen molar-refractivity contribution >= 4 is 12.4 Å². The first-order chi connectivity index (χ1) is 3.81. The number of aliphatic hydroxyl groups excluding tert-OH is 1. The van der Waals surface area contributed by atoms with Crippen LogP contribution in [0.5, 0.6) is 0 Å². The molecule has 0 saturated carbocycles. The molecule has 3 nitrogen and oxygen atoms in total. The fourth-order valence-corrected chi connectivity index (χ4v) is 0.344. The Morgan fingerprint density at radius 3 is 1.88 bits per heavy atom. The zero-order chi connectivity index (χ0) is 6.41. The molecule has 0 aliphatic heterocycles. The maximum absolute atomic E-state index is 8.75. The van der Waals surface area contributed by atoms with Gasteiger partial charge >= 0.3 is 0 Å². The molecule has 8 heavy (non-hydrogen) atoms. The van der Waals surface area contributed by atoms with Crippen LogP contribution in [0.25, 0.3) is 0 Å². The zero-order valence-corrected chi connectivity index (χ0v) is 5.07. The van der Waals surface area contributed by atoms with Crippen molar-refractivity contribution in [3.05, 3.63) is 0 Å². The molecule has 0 saturated heterocycles. The molecule has 0 aliphatic rings. The lowest BCUT2D eigenvalue weighted by molar-refractivity contribution is 0.315. The summed E-state index contributed by atoms with van der Waals surface area (Å²) in [7, 11) is 3.21. The Labute approximate surface area is 48.8 Å². The van der Waals surface area contributed by atoms with Crippen molar-refractivity contribution in [2.75, 3.05) is 14.1 Å². The van der Waals surface area contributed by atoms with E-state index in [0.29, 0.717) is 0 Å². The summed E-state index contributed by atoms with van der Waals surface area (Å²) in [6.07, 6.45) is 2.20. The quantitative estimate of drug-likeness (QED) is 0.494. The van der Waals surface area contributed by atoms with Crippen LogP contribution in [-0.4, -0.2) is 37.7 Å². The highest BCUT2D eigenvalue weighted by Crippen LogP contribution is 1.69. The minimum Gasteiger partial charge on any atom is -0.382 e. The second kappa shape index (κ2) is 4.46. The lowest BCUT2D eigenvalue weighted by atomic mass is 10.4. The van der Waals surface area contributed by atoms with Gasteiger partial charge in [-0.05, 0) is 0 Å². The van der Waals surface area contributed by atoms with Crippen LogP contribution in [0.4, 0.5) is 0 Å². The molecule has 0 spiro atoms. The topological polar surface area (TPSA) is 45.0 Å². The Hall–Kier alpha value is -0.700. The second-order valence-electron chi connectivity index (χ2n) is 1.31. The van der Waals surface area contributed by atoms with Crippen LogP contribution in [0, 0.1) is 0 Å². The van der Waals surface area contributed by atoms with Crippen molar-refractivity contribution in [2.24, 2.45) is 9.98 Å². The summed E-state index contributed by atoms with van der Waals surface area (Å²) in [5, 5.41) is 8.75. The van der Waals surface area contributed by atoms with Crippen LogP contribution in [-0.2, 0) is 0 Å². The number of aliphatic imine (C=N–C) groups is 2. The highest BCUT2D eigenvalue weighted by Gasteiger charge is 1.87. The van der Waals surface area contributed by atoms with E-state index in [2.05, 4.69) is 9.98 Å². The van der Waals surface area contributed by atoms with Crippen LogP contribution >= 0.6 is 0 Å². The molecular weight excluding hydrogens is 104 g/mol. The molecule has 3 heteroatoms. The summed E-state index contributed by atoms with van der Waals surface area (Å²) in [4.78, 5) is 7.18. The van der Waals surface area contributed by atoms with Crippen LogP contribution in [0.3, 0.4) is 0 Å². The Morgan fingerprint density at radius 1 is 1.25 bits per heavy atom. The normalized spacial score (nSPS) is 15.9. The van der Waals surface area contributed by atoms with Gasteiger partial charge in [0.1, 0.15) is 6.10 Å². The Morgan fingerprint density at radius 2 is 1.62 bits per heavy atom. The third-order valence-corrected chi connectivity index (χ3v) is 0.604. The van der Waals surface area contributed by atoms with Crippen molar-refractivity contribution in [2.45, 2.75) is 6.10 Å². The number of hydrogen-bond donors (Lipinski definition) is 1. The lowest BCUT2D eigenvalue weighted by Gasteiger charge is -1.90. The van der Waals surface area contributed by atoms with Crippen molar-refractivity contribution in [3.63, 3.8) is 0 Å². The SMILES string of the molecule is CN=CC(O)C=NC. The second-order valence-corrected chi connectivity index (χ2v) is 1.31. The summed E-state index contributed by atoms with van der Waals surface area (Å²) in [6, 6.07) is 0. The largest absolute Gasteiger partial charge is 0.382 e. The van der Waals surface area contributed by atoms with Crippen LogP contribution in [0.15, 0.2) is 9.98 Å². The molecule has 1 N–H and O–H groups in total. The molecule has 0 fully saturated rings. The maximum Gasteiger partial charge on any atom is 0.123 e. The van der Waals surface area contributed by atoms with Gasteiger partial charge < -0.3 is 5.11 Å². The molecule has 0 heterocycles. The first-order valence-electron chi connectivity index (χ1n) is 2.34. The predicted octanol–water partition coefficient (Wildman–Crippen LogP) is -0.252. The van der Waals surface area contributed by atoms with Gasteiger partial charge in [-0.1, -0.05) is 0 Å². The molecule has 0 rings (SSSR count). The van der Waals surface area contributed by atoms with Gasteiger partial charge in [-0.2, -0.15) is 0 Å². The number of nitrogens with zero attached hydrogens (tertiary/aromatic N) is 2. The highest BCUT2D eigenvalue weighted by molar-refractivity contribution is 5.85. The monoisotopic (exact) mass is 114 g/mol. The van der Waals surface area contributed by atoms with Crippen LogP contribution in [0.1, 0.15) is 0 Å². The molecule has 0 amide bonds. The number of hydrogen-bond acceptors (Lipinski definition) is 3. The summed E-state index contributed by atoms with van der Waals surface area (Å²) in [5.41, 5.74) is 0. The van der Waals surface area contributed by atoms with Crippen molar-refractivity contribution in [1.82, 2.24) is 0 Å². The average Bonchev–Trinajstić information content (AvgIpc) is 1.68. The summed E-state index contributed by atoms with van der Waals surface area (Å²) in [6.45, 7) is 0. The van der Waals surface area contributed by atoms with E-state index < -0.39 is 6.10 Å². The van der Waals surface area contributed by atoms with Gasteiger partial charge in [0.2, 0.25) is 0 Å². The summed E-state index contributed by atoms with van der Waals surface area (Å²) in [5.74, 6) is 0. The molecule has 0 aromatic heterocycles. The van der Waals surface area contributed by atoms with Crippen molar-refractivity contribution in [3.8, 4) is 0 Å². The van der Waals surface area contributed by atoms with Crippen LogP contribution in [0.2, 0.25) is 0 Å². The maximum atomic E-state index is 8.75. The number of aliphatic hydroxyl groups is 1. The van der Waals surface area contributed by atoms with E-state index in [1.165, 1.54) is 12.4 Å². The predicted molar refractivity (Wildman–Crippen MR) is 34.8 cm³/mol. The highest BCUT2D eigenvalue weighted by atomic mass is 16.3. The molecule has 0 radical (unpaired) electrons.